The van der Waals surface area contributed by atoms with E-state index in [4.69, 9.17) is 0 Å². The Morgan fingerprint density at radius 2 is 1.14 bits per heavy atom. The van der Waals surface area contributed by atoms with Gasteiger partial charge in [0, 0.05) is 12.8 Å². The number of nitrogens with zero attached hydrogens (tertiary/aromatic N) is 3. The van der Waals surface area contributed by atoms with Gasteiger partial charge in [-0.2, -0.15) is 0 Å². The summed E-state index contributed by atoms with van der Waals surface area (Å²) in [4.78, 5) is 40.5. The average molecular weight is 368 g/mol. The van der Waals surface area contributed by atoms with Crippen molar-refractivity contribution in [3.8, 4) is 0 Å². The van der Waals surface area contributed by atoms with Gasteiger partial charge in [-0.15, -0.1) is 6.42 Å². The Hall–Kier alpha value is 0.215. The molecule has 0 spiro atoms. The van der Waals surface area contributed by atoms with Crippen LogP contribution in [0, 0.1) is 6.92 Å². The van der Waals surface area contributed by atoms with E-state index in [-0.39, 0.29) is 102 Å². The first-order valence-electron chi connectivity index (χ1n) is 7.16. The molecule has 0 unspecified atom stereocenters. The Morgan fingerprint density at radius 3 is 1.43 bits per heavy atom. The molecule has 7 heteroatoms. The van der Waals surface area contributed by atoms with Crippen LogP contribution in [0.4, 0.5) is 0 Å². The van der Waals surface area contributed by atoms with Crippen molar-refractivity contribution in [2.75, 3.05) is 20.0 Å². The maximum Gasteiger partial charge on any atom is 1.00 e. The fraction of sp³-hybridized carbons (Fsp3) is 0.714. The zero-order valence-corrected chi connectivity index (χ0v) is 18.3. The predicted octanol–water partition coefficient (Wildman–Crippen LogP) is -1.81. The Bertz CT molecular complexity index is 350. The van der Waals surface area contributed by atoms with Crippen molar-refractivity contribution in [1.29, 1.82) is 0 Å². The van der Waals surface area contributed by atoms with Gasteiger partial charge in [-0.25, -0.2) is 0 Å². The second kappa shape index (κ2) is 10.9. The Labute approximate surface area is 176 Å². The number of hydrogen-bond acceptors (Lipinski definition) is 3. The van der Waals surface area contributed by atoms with Crippen LogP contribution in [0.2, 0.25) is 0 Å². The van der Waals surface area contributed by atoms with E-state index in [1.165, 1.54) is 4.90 Å². The Kier molecular flexibility index (Phi) is 11.0. The van der Waals surface area contributed by atoms with E-state index >= 15 is 0 Å². The van der Waals surface area contributed by atoms with Crippen LogP contribution in [0.25, 0.3) is 0 Å². The number of rotatable bonds is 5. The zero-order chi connectivity index (χ0) is 15.1. The van der Waals surface area contributed by atoms with Gasteiger partial charge in [0.25, 0.3) is 0 Å². The molecule has 0 saturated carbocycles. The summed E-state index contributed by atoms with van der Waals surface area (Å²) in [5.74, 6) is -0.194. The molecular formula is C14H24N3O3Rb. The molecule has 1 aliphatic rings. The molecule has 21 heavy (non-hydrogen) atoms. The summed E-state index contributed by atoms with van der Waals surface area (Å²) in [5, 5.41) is 0. The van der Waals surface area contributed by atoms with Crippen molar-refractivity contribution in [3.05, 3.63) is 6.92 Å². The van der Waals surface area contributed by atoms with Crippen molar-refractivity contribution >= 4 is 17.7 Å². The minimum absolute atomic E-state index is 0. The van der Waals surface area contributed by atoms with E-state index in [0.29, 0.717) is 12.8 Å². The summed E-state index contributed by atoms with van der Waals surface area (Å²) in [6.07, 6.45) is 2.50. The molecule has 1 rings (SSSR count). The molecule has 0 aliphatic carbocycles. The number of carbonyl (C=O) groups excluding carboxylic acids is 3. The van der Waals surface area contributed by atoms with E-state index in [1.807, 2.05) is 13.8 Å². The first kappa shape index (κ1) is 21.2. The number of amides is 3. The standard InChI is InChI=1S/C14H24N3O3.Rb/c1-4-7-13(19)16-9-15(12(18)6-3)10-17(11-16)14(20)8-5-2;/h3-11H2,1-2H3;/q-1;+1. The number of hydrogen-bond donors (Lipinski definition) is 0. The fourth-order valence-corrected chi connectivity index (χ4v) is 2.13. The third kappa shape index (κ3) is 6.46. The third-order valence-corrected chi connectivity index (χ3v) is 3.22. The topological polar surface area (TPSA) is 60.9 Å². The number of carbonyl (C=O) groups is 3. The van der Waals surface area contributed by atoms with E-state index in [2.05, 4.69) is 6.92 Å². The molecule has 0 radical (unpaired) electrons. The van der Waals surface area contributed by atoms with Gasteiger partial charge < -0.3 is 21.6 Å². The second-order valence-electron chi connectivity index (χ2n) is 4.97. The van der Waals surface area contributed by atoms with Crippen LogP contribution in [-0.2, 0) is 14.4 Å². The van der Waals surface area contributed by atoms with Crippen molar-refractivity contribution in [1.82, 2.24) is 14.7 Å². The molecule has 0 N–H and O–H groups in total. The summed E-state index contributed by atoms with van der Waals surface area (Å²) in [7, 11) is 0. The normalized spacial score (nSPS) is 14.7. The van der Waals surface area contributed by atoms with Gasteiger partial charge in [0.05, 0.1) is 20.0 Å². The summed E-state index contributed by atoms with van der Waals surface area (Å²) in [6.45, 7) is 8.22. The van der Waals surface area contributed by atoms with Gasteiger partial charge >= 0.3 is 58.2 Å². The maximum absolute atomic E-state index is 12.0. The van der Waals surface area contributed by atoms with E-state index in [1.54, 1.807) is 9.80 Å². The largest absolute Gasteiger partial charge is 1.00 e. The smallest absolute Gasteiger partial charge is 0.334 e. The first-order chi connectivity index (χ1) is 9.53. The van der Waals surface area contributed by atoms with Crippen LogP contribution in [0.15, 0.2) is 0 Å². The van der Waals surface area contributed by atoms with Crippen LogP contribution < -0.4 is 58.2 Å². The van der Waals surface area contributed by atoms with E-state index in [0.717, 1.165) is 12.8 Å². The van der Waals surface area contributed by atoms with Crippen molar-refractivity contribution in [3.63, 3.8) is 0 Å². The van der Waals surface area contributed by atoms with Gasteiger partial charge in [0.15, 0.2) is 5.91 Å². The van der Waals surface area contributed by atoms with Gasteiger partial charge in [-0.3, -0.25) is 14.4 Å². The van der Waals surface area contributed by atoms with Gasteiger partial charge in [0.1, 0.15) is 0 Å². The van der Waals surface area contributed by atoms with Crippen molar-refractivity contribution in [2.24, 2.45) is 0 Å². The van der Waals surface area contributed by atoms with E-state index < -0.39 is 0 Å². The molecule has 1 saturated heterocycles. The SMILES string of the molecule is [CH2-]CC(=O)N1CN(C(=O)CCC)CN(C(=O)CCC)C1.[Rb+]. The molecule has 0 aromatic carbocycles. The van der Waals surface area contributed by atoms with E-state index in [9.17, 15) is 14.4 Å². The van der Waals surface area contributed by atoms with Crippen molar-refractivity contribution in [2.45, 2.75) is 46.0 Å². The molecule has 0 aromatic heterocycles. The van der Waals surface area contributed by atoms with Gasteiger partial charge in [0.2, 0.25) is 11.8 Å². The molecule has 0 aromatic rings. The molecule has 0 atom stereocenters. The van der Waals surface area contributed by atoms with Crippen LogP contribution >= 0.6 is 0 Å². The Morgan fingerprint density at radius 1 is 0.810 bits per heavy atom. The monoisotopic (exact) mass is 367 g/mol. The van der Waals surface area contributed by atoms with Crippen LogP contribution in [-0.4, -0.2) is 52.4 Å². The first-order valence-corrected chi connectivity index (χ1v) is 7.16. The minimum Gasteiger partial charge on any atom is -0.334 e. The summed E-state index contributed by atoms with van der Waals surface area (Å²) in [5.41, 5.74) is 0. The van der Waals surface area contributed by atoms with Crippen molar-refractivity contribution < 1.29 is 72.6 Å². The second-order valence-corrected chi connectivity index (χ2v) is 4.97. The zero-order valence-electron chi connectivity index (χ0n) is 13.4. The molecule has 114 valence electrons. The van der Waals surface area contributed by atoms with Crippen LogP contribution in [0.5, 0.6) is 0 Å². The van der Waals surface area contributed by atoms with Crippen LogP contribution in [0.1, 0.15) is 46.0 Å². The molecule has 1 heterocycles. The Balaban J connectivity index is 0.00000400. The fourth-order valence-electron chi connectivity index (χ4n) is 2.13. The maximum atomic E-state index is 12.0. The predicted molar refractivity (Wildman–Crippen MR) is 74.9 cm³/mol. The molecule has 6 nitrogen and oxygen atoms in total. The third-order valence-electron chi connectivity index (χ3n) is 3.22. The molecule has 3 amide bonds. The molecule has 1 fully saturated rings. The minimum atomic E-state index is -0.145. The average Bonchev–Trinajstić information content (AvgIpc) is 2.46. The van der Waals surface area contributed by atoms with Gasteiger partial charge in [-0.05, 0) is 12.8 Å². The summed E-state index contributed by atoms with van der Waals surface area (Å²) >= 11 is 0. The summed E-state index contributed by atoms with van der Waals surface area (Å²) < 4.78 is 0. The molecule has 1 aliphatic heterocycles. The molecule has 0 bridgehead atoms. The van der Waals surface area contributed by atoms with Gasteiger partial charge in [-0.1, -0.05) is 13.8 Å². The molecular weight excluding hydrogens is 344 g/mol. The quantitative estimate of drug-likeness (QED) is 0.538. The van der Waals surface area contributed by atoms with Crippen LogP contribution in [0.3, 0.4) is 0 Å². The summed E-state index contributed by atoms with van der Waals surface area (Å²) in [6, 6.07) is 0.